The second-order valence-electron chi connectivity index (χ2n) is 6.46. The average Bonchev–Trinajstić information content (AvgIpc) is 3.23. The van der Waals surface area contributed by atoms with Gasteiger partial charge in [0.25, 0.3) is 0 Å². The second-order valence-corrected chi connectivity index (χ2v) is 6.46. The van der Waals surface area contributed by atoms with Crippen LogP contribution in [0.3, 0.4) is 0 Å². The highest BCUT2D eigenvalue weighted by Gasteiger charge is 2.46. The summed E-state index contributed by atoms with van der Waals surface area (Å²) in [4.78, 5) is 15.2. The first-order chi connectivity index (χ1) is 10.8. The number of likely N-dealkylation sites (tertiary alicyclic amines) is 1. The molecule has 1 N–H and O–H groups in total. The van der Waals surface area contributed by atoms with Crippen LogP contribution in [0.15, 0.2) is 36.4 Å². The fourth-order valence-corrected chi connectivity index (χ4v) is 3.87. The van der Waals surface area contributed by atoms with Crippen LogP contribution in [0.1, 0.15) is 44.1 Å². The summed E-state index contributed by atoms with van der Waals surface area (Å²) in [5.74, 6) is 0.240. The zero-order valence-electron chi connectivity index (χ0n) is 13.3. The van der Waals surface area contributed by atoms with Crippen LogP contribution in [0.2, 0.25) is 0 Å². The quantitative estimate of drug-likeness (QED) is 0.905. The smallest absolute Gasteiger partial charge is 0.240 e. The van der Waals surface area contributed by atoms with Crippen molar-refractivity contribution in [1.29, 1.82) is 0 Å². The Kier molecular flexibility index (Phi) is 4.94. The fourth-order valence-electron chi connectivity index (χ4n) is 3.87. The number of amides is 1. The van der Waals surface area contributed by atoms with Crippen LogP contribution in [0.25, 0.3) is 6.08 Å². The molecule has 1 saturated carbocycles. The van der Waals surface area contributed by atoms with Gasteiger partial charge in [-0.3, -0.25) is 9.69 Å². The standard InChI is InChI=1S/C19H26N2O/c22-18(20-14-8-11-17-9-2-1-3-10-17)19(12-4-5-13-19)21-15-6-7-16-21/h1-3,8-11H,4-7,12-16H2,(H,20,22)/b11-8+. The first kappa shape index (κ1) is 15.3. The Bertz CT molecular complexity index is 511. The van der Waals surface area contributed by atoms with Crippen LogP contribution in [-0.4, -0.2) is 36.0 Å². The molecule has 118 valence electrons. The minimum atomic E-state index is -0.211. The monoisotopic (exact) mass is 298 g/mol. The van der Waals surface area contributed by atoms with E-state index < -0.39 is 0 Å². The van der Waals surface area contributed by atoms with E-state index in [1.54, 1.807) is 0 Å². The Hall–Kier alpha value is -1.61. The van der Waals surface area contributed by atoms with Gasteiger partial charge >= 0.3 is 0 Å². The molecule has 0 bridgehead atoms. The Morgan fingerprint density at radius 1 is 1.09 bits per heavy atom. The molecular weight excluding hydrogens is 272 g/mol. The lowest BCUT2D eigenvalue weighted by Crippen LogP contribution is -2.56. The van der Waals surface area contributed by atoms with Crippen LogP contribution in [0.5, 0.6) is 0 Å². The predicted molar refractivity (Wildman–Crippen MR) is 90.5 cm³/mol. The number of carbonyl (C=O) groups is 1. The second kappa shape index (κ2) is 7.10. The van der Waals surface area contributed by atoms with Gasteiger partial charge in [-0.05, 0) is 44.3 Å². The summed E-state index contributed by atoms with van der Waals surface area (Å²) in [6.45, 7) is 2.80. The van der Waals surface area contributed by atoms with E-state index in [-0.39, 0.29) is 11.4 Å². The molecule has 0 atom stereocenters. The van der Waals surface area contributed by atoms with Crippen molar-refractivity contribution in [3.8, 4) is 0 Å². The van der Waals surface area contributed by atoms with E-state index in [9.17, 15) is 4.79 Å². The summed E-state index contributed by atoms with van der Waals surface area (Å²) in [5.41, 5.74) is 0.962. The van der Waals surface area contributed by atoms with Gasteiger partial charge in [-0.15, -0.1) is 0 Å². The van der Waals surface area contributed by atoms with Crippen molar-refractivity contribution in [1.82, 2.24) is 10.2 Å². The molecule has 22 heavy (non-hydrogen) atoms. The summed E-state index contributed by atoms with van der Waals surface area (Å²) < 4.78 is 0. The molecule has 1 aliphatic heterocycles. The van der Waals surface area contributed by atoms with Crippen LogP contribution < -0.4 is 5.32 Å². The topological polar surface area (TPSA) is 32.3 Å². The molecule has 2 aliphatic rings. The number of carbonyl (C=O) groups excluding carboxylic acids is 1. The van der Waals surface area contributed by atoms with Gasteiger partial charge in [0.2, 0.25) is 5.91 Å². The summed E-state index contributed by atoms with van der Waals surface area (Å²) in [5, 5.41) is 3.15. The largest absolute Gasteiger partial charge is 0.351 e. The molecule has 1 aromatic rings. The molecule has 1 amide bonds. The van der Waals surface area contributed by atoms with Crippen molar-refractivity contribution in [2.24, 2.45) is 0 Å². The average molecular weight is 298 g/mol. The number of nitrogens with zero attached hydrogens (tertiary/aromatic N) is 1. The van der Waals surface area contributed by atoms with E-state index >= 15 is 0 Å². The molecular formula is C19H26N2O. The van der Waals surface area contributed by atoms with Crippen LogP contribution >= 0.6 is 0 Å². The Labute approximate surface area is 133 Å². The highest BCUT2D eigenvalue weighted by atomic mass is 16.2. The first-order valence-corrected chi connectivity index (χ1v) is 8.56. The van der Waals surface area contributed by atoms with E-state index in [0.717, 1.165) is 25.9 Å². The van der Waals surface area contributed by atoms with Crippen molar-refractivity contribution in [3.63, 3.8) is 0 Å². The molecule has 1 aromatic carbocycles. The molecule has 0 unspecified atom stereocenters. The maximum Gasteiger partial charge on any atom is 0.240 e. The van der Waals surface area contributed by atoms with Gasteiger partial charge in [-0.2, -0.15) is 0 Å². The third-order valence-electron chi connectivity index (χ3n) is 5.06. The highest BCUT2D eigenvalue weighted by molar-refractivity contribution is 5.87. The molecule has 1 saturated heterocycles. The van der Waals surface area contributed by atoms with Gasteiger partial charge in [0.1, 0.15) is 5.54 Å². The Balaban J connectivity index is 1.57. The molecule has 0 radical (unpaired) electrons. The molecule has 1 aliphatic carbocycles. The maximum absolute atomic E-state index is 12.8. The van der Waals surface area contributed by atoms with E-state index in [0.29, 0.717) is 6.54 Å². The van der Waals surface area contributed by atoms with Gasteiger partial charge in [-0.25, -0.2) is 0 Å². The lowest BCUT2D eigenvalue weighted by Gasteiger charge is -2.37. The van der Waals surface area contributed by atoms with Crippen molar-refractivity contribution in [3.05, 3.63) is 42.0 Å². The molecule has 3 nitrogen and oxygen atoms in total. The molecule has 0 spiro atoms. The molecule has 3 rings (SSSR count). The maximum atomic E-state index is 12.8. The Morgan fingerprint density at radius 2 is 1.77 bits per heavy atom. The molecule has 1 heterocycles. The first-order valence-electron chi connectivity index (χ1n) is 8.56. The number of nitrogens with one attached hydrogen (secondary N) is 1. The lowest BCUT2D eigenvalue weighted by molar-refractivity contribution is -0.132. The van der Waals surface area contributed by atoms with Crippen LogP contribution in [0, 0.1) is 0 Å². The van der Waals surface area contributed by atoms with E-state index in [1.165, 1.54) is 31.2 Å². The molecule has 0 aromatic heterocycles. The van der Waals surface area contributed by atoms with E-state index in [4.69, 9.17) is 0 Å². The molecule has 3 heteroatoms. The van der Waals surface area contributed by atoms with Crippen molar-refractivity contribution in [2.45, 2.75) is 44.1 Å². The molecule has 2 fully saturated rings. The third kappa shape index (κ3) is 3.25. The SMILES string of the molecule is O=C(NC/C=C/c1ccccc1)C1(N2CCCC2)CCCC1. The third-order valence-corrected chi connectivity index (χ3v) is 5.06. The van der Waals surface area contributed by atoms with E-state index in [1.807, 2.05) is 24.3 Å². The predicted octanol–water partition coefficient (Wildman–Crippen LogP) is 3.22. The minimum absolute atomic E-state index is 0.211. The summed E-state index contributed by atoms with van der Waals surface area (Å²) in [6, 6.07) is 10.2. The Morgan fingerprint density at radius 3 is 2.45 bits per heavy atom. The summed E-state index contributed by atoms with van der Waals surface area (Å²) in [6.07, 6.45) is 11.0. The lowest BCUT2D eigenvalue weighted by atomic mass is 9.94. The van der Waals surface area contributed by atoms with Gasteiger partial charge in [0.05, 0.1) is 0 Å². The van der Waals surface area contributed by atoms with Crippen LogP contribution in [0.4, 0.5) is 0 Å². The van der Waals surface area contributed by atoms with Gasteiger partial charge in [0.15, 0.2) is 0 Å². The summed E-state index contributed by atoms with van der Waals surface area (Å²) in [7, 11) is 0. The van der Waals surface area contributed by atoms with Crippen molar-refractivity contribution >= 4 is 12.0 Å². The summed E-state index contributed by atoms with van der Waals surface area (Å²) >= 11 is 0. The van der Waals surface area contributed by atoms with Gasteiger partial charge in [0, 0.05) is 6.54 Å². The number of hydrogen-bond acceptors (Lipinski definition) is 2. The van der Waals surface area contributed by atoms with Crippen molar-refractivity contribution < 1.29 is 4.79 Å². The zero-order chi connectivity index (χ0) is 15.3. The number of rotatable bonds is 5. The normalized spacial score (nSPS) is 21.5. The van der Waals surface area contributed by atoms with Gasteiger partial charge < -0.3 is 5.32 Å². The van der Waals surface area contributed by atoms with Crippen LogP contribution in [-0.2, 0) is 4.79 Å². The highest BCUT2D eigenvalue weighted by Crippen LogP contribution is 2.37. The van der Waals surface area contributed by atoms with Crippen molar-refractivity contribution in [2.75, 3.05) is 19.6 Å². The number of benzene rings is 1. The van der Waals surface area contributed by atoms with E-state index in [2.05, 4.69) is 28.4 Å². The zero-order valence-corrected chi connectivity index (χ0v) is 13.3. The number of hydrogen-bond donors (Lipinski definition) is 1. The minimum Gasteiger partial charge on any atom is -0.351 e. The fraction of sp³-hybridized carbons (Fsp3) is 0.526. The van der Waals surface area contributed by atoms with Gasteiger partial charge in [-0.1, -0.05) is 55.3 Å².